The molecule has 1 heterocycles. The van der Waals surface area contributed by atoms with Gasteiger partial charge in [-0.05, 0) is 87.4 Å². The van der Waals surface area contributed by atoms with Crippen molar-refractivity contribution in [3.8, 4) is 0 Å². The van der Waals surface area contributed by atoms with Crippen molar-refractivity contribution in [3.05, 3.63) is 70.3 Å². The number of benzene rings is 2. The molecular weight excluding hydrogens is 476 g/mol. The van der Waals surface area contributed by atoms with Gasteiger partial charge in [-0.25, -0.2) is 8.78 Å². The number of nitrogens with one attached hydrogen (secondary N) is 2. The summed E-state index contributed by atoms with van der Waals surface area (Å²) < 4.78 is 27.7. The van der Waals surface area contributed by atoms with Crippen LogP contribution in [0.3, 0.4) is 0 Å². The largest absolute Gasteiger partial charge is 0.389 e. The molecule has 0 radical (unpaired) electrons. The fourth-order valence-corrected chi connectivity index (χ4v) is 5.08. The maximum atomic E-state index is 13.9. The molecule has 0 aliphatic carbocycles. The highest BCUT2D eigenvalue weighted by molar-refractivity contribution is 6.00. The fraction of sp³-hybridized carbons (Fsp3) is 0.517. The Morgan fingerprint density at radius 2 is 1.65 bits per heavy atom. The lowest BCUT2D eigenvalue weighted by molar-refractivity contribution is 0.0731. The average Bonchev–Trinajstić information content (AvgIpc) is 3.27. The summed E-state index contributed by atoms with van der Waals surface area (Å²) in [5, 5.41) is 17.4. The summed E-state index contributed by atoms with van der Waals surface area (Å²) in [7, 11) is 0. The molecule has 0 aromatic heterocycles. The first kappa shape index (κ1) is 28.7. The highest BCUT2D eigenvalue weighted by Gasteiger charge is 2.33. The van der Waals surface area contributed by atoms with Gasteiger partial charge in [-0.2, -0.15) is 0 Å². The van der Waals surface area contributed by atoms with Gasteiger partial charge in [0, 0.05) is 42.4 Å². The minimum atomic E-state index is -0.976. The van der Waals surface area contributed by atoms with Gasteiger partial charge in [0.25, 0.3) is 11.8 Å². The molecule has 1 aliphatic rings. The molecule has 6 nitrogen and oxygen atoms in total. The summed E-state index contributed by atoms with van der Waals surface area (Å²) in [5.74, 6) is -2.01. The van der Waals surface area contributed by atoms with Gasteiger partial charge in [-0.3, -0.25) is 9.59 Å². The van der Waals surface area contributed by atoms with E-state index < -0.39 is 29.7 Å². The molecule has 4 atom stereocenters. The molecule has 202 valence electrons. The number of hydrogen-bond donors (Lipinski definition) is 3. The summed E-state index contributed by atoms with van der Waals surface area (Å²) >= 11 is 0. The number of carbonyl (C=O) groups is 2. The predicted octanol–water partition coefficient (Wildman–Crippen LogP) is 4.38. The van der Waals surface area contributed by atoms with Gasteiger partial charge in [0.1, 0.15) is 11.6 Å². The summed E-state index contributed by atoms with van der Waals surface area (Å²) in [4.78, 5) is 28.3. The van der Waals surface area contributed by atoms with Crippen molar-refractivity contribution in [3.63, 3.8) is 0 Å². The first-order valence-corrected chi connectivity index (χ1v) is 13.2. The zero-order chi connectivity index (χ0) is 27.1. The van der Waals surface area contributed by atoms with Crippen LogP contribution in [-0.4, -0.2) is 59.1 Å². The summed E-state index contributed by atoms with van der Waals surface area (Å²) in [6.45, 7) is 9.14. The van der Waals surface area contributed by atoms with Crippen LogP contribution in [0.2, 0.25) is 0 Å². The highest BCUT2D eigenvalue weighted by Crippen LogP contribution is 2.21. The van der Waals surface area contributed by atoms with Gasteiger partial charge in [-0.15, -0.1) is 0 Å². The Bertz CT molecular complexity index is 1070. The van der Waals surface area contributed by atoms with E-state index in [1.54, 1.807) is 23.1 Å². The number of aryl methyl sites for hydroxylation is 1. The molecule has 0 spiro atoms. The molecule has 1 fully saturated rings. The van der Waals surface area contributed by atoms with E-state index in [2.05, 4.69) is 10.6 Å². The van der Waals surface area contributed by atoms with Gasteiger partial charge in [0.05, 0.1) is 12.1 Å². The van der Waals surface area contributed by atoms with Crippen LogP contribution in [0.5, 0.6) is 0 Å². The number of aliphatic hydroxyl groups is 1. The van der Waals surface area contributed by atoms with Crippen LogP contribution in [0.15, 0.2) is 36.4 Å². The number of aliphatic hydroxyl groups excluding tert-OH is 1. The van der Waals surface area contributed by atoms with E-state index in [0.29, 0.717) is 29.8 Å². The molecule has 1 unspecified atom stereocenters. The van der Waals surface area contributed by atoms with Crippen LogP contribution in [0.1, 0.15) is 78.3 Å². The Kier molecular flexibility index (Phi) is 10.2. The zero-order valence-corrected chi connectivity index (χ0v) is 22.2. The maximum Gasteiger partial charge on any atom is 0.253 e. The van der Waals surface area contributed by atoms with Gasteiger partial charge in [0.2, 0.25) is 0 Å². The van der Waals surface area contributed by atoms with E-state index in [9.17, 15) is 23.5 Å². The van der Waals surface area contributed by atoms with Crippen LogP contribution in [0.4, 0.5) is 8.78 Å². The Labute approximate surface area is 218 Å². The van der Waals surface area contributed by atoms with E-state index in [4.69, 9.17) is 0 Å². The molecule has 2 aromatic rings. The fourth-order valence-electron chi connectivity index (χ4n) is 5.08. The van der Waals surface area contributed by atoms with Crippen molar-refractivity contribution in [1.29, 1.82) is 0 Å². The second-order valence-corrected chi connectivity index (χ2v) is 10.2. The summed E-state index contributed by atoms with van der Waals surface area (Å²) in [5.41, 5.74) is 1.83. The Balaban J connectivity index is 1.86. The lowest BCUT2D eigenvalue weighted by Gasteiger charge is -2.29. The van der Waals surface area contributed by atoms with E-state index in [1.165, 1.54) is 12.1 Å². The Hall–Kier alpha value is -2.84. The van der Waals surface area contributed by atoms with Gasteiger partial charge < -0.3 is 20.6 Å². The van der Waals surface area contributed by atoms with Crippen LogP contribution < -0.4 is 10.6 Å². The highest BCUT2D eigenvalue weighted by atomic mass is 19.1. The van der Waals surface area contributed by atoms with Gasteiger partial charge >= 0.3 is 0 Å². The summed E-state index contributed by atoms with van der Waals surface area (Å²) in [6.07, 6.45) is 2.34. The SMILES string of the molecule is CCCN(CCC)C(=O)c1cc(C)cc(C(=O)N[C@@H](Cc2cc(F)cc(F)c2)[C@H](O)[C@H]2CCC(C)N2)c1. The third kappa shape index (κ3) is 7.82. The van der Waals surface area contributed by atoms with Crippen LogP contribution in [-0.2, 0) is 6.42 Å². The molecule has 37 heavy (non-hydrogen) atoms. The average molecular weight is 516 g/mol. The number of rotatable bonds is 11. The van der Waals surface area contributed by atoms with E-state index >= 15 is 0 Å². The molecule has 1 saturated heterocycles. The quantitative estimate of drug-likeness (QED) is 0.415. The molecule has 2 aromatic carbocycles. The molecule has 0 saturated carbocycles. The van der Waals surface area contributed by atoms with Crippen molar-refractivity contribution in [2.75, 3.05) is 13.1 Å². The topological polar surface area (TPSA) is 81.7 Å². The lowest BCUT2D eigenvalue weighted by Crippen LogP contribution is -2.53. The van der Waals surface area contributed by atoms with Crippen molar-refractivity contribution >= 4 is 11.8 Å². The number of nitrogens with zero attached hydrogens (tertiary/aromatic N) is 1. The number of hydrogen-bond acceptors (Lipinski definition) is 4. The second kappa shape index (κ2) is 13.1. The van der Waals surface area contributed by atoms with Crippen molar-refractivity contribution in [2.24, 2.45) is 0 Å². The van der Waals surface area contributed by atoms with Gasteiger partial charge in [-0.1, -0.05) is 13.8 Å². The molecule has 1 aliphatic heterocycles. The number of halogens is 2. The molecule has 0 bridgehead atoms. The normalized spacial score (nSPS) is 18.9. The van der Waals surface area contributed by atoms with E-state index in [0.717, 1.165) is 37.3 Å². The monoisotopic (exact) mass is 515 g/mol. The molecule has 2 amide bonds. The third-order valence-electron chi connectivity index (χ3n) is 6.79. The first-order chi connectivity index (χ1) is 17.6. The Morgan fingerprint density at radius 3 is 2.22 bits per heavy atom. The molecule has 3 N–H and O–H groups in total. The molecule has 8 heteroatoms. The van der Waals surface area contributed by atoms with Crippen molar-refractivity contribution < 1.29 is 23.5 Å². The summed E-state index contributed by atoms with van der Waals surface area (Å²) in [6, 6.07) is 7.40. The van der Waals surface area contributed by atoms with E-state index in [-0.39, 0.29) is 24.4 Å². The maximum absolute atomic E-state index is 13.9. The predicted molar refractivity (Wildman–Crippen MR) is 141 cm³/mol. The van der Waals surface area contributed by atoms with Crippen LogP contribution in [0, 0.1) is 18.6 Å². The van der Waals surface area contributed by atoms with Gasteiger partial charge in [0.15, 0.2) is 0 Å². The number of carbonyl (C=O) groups excluding carboxylic acids is 2. The first-order valence-electron chi connectivity index (χ1n) is 13.2. The lowest BCUT2D eigenvalue weighted by atomic mass is 9.94. The van der Waals surface area contributed by atoms with E-state index in [1.807, 2.05) is 27.7 Å². The van der Waals surface area contributed by atoms with Crippen molar-refractivity contribution in [1.82, 2.24) is 15.5 Å². The van der Waals surface area contributed by atoms with Crippen LogP contribution >= 0.6 is 0 Å². The van der Waals surface area contributed by atoms with Crippen LogP contribution in [0.25, 0.3) is 0 Å². The third-order valence-corrected chi connectivity index (χ3v) is 6.79. The van der Waals surface area contributed by atoms with Crippen molar-refractivity contribution in [2.45, 2.75) is 84.0 Å². The molecule has 3 rings (SSSR count). The smallest absolute Gasteiger partial charge is 0.253 e. The zero-order valence-electron chi connectivity index (χ0n) is 22.2. The standard InChI is InChI=1S/C29H39F2N3O3/c1-5-9-34(10-6-2)29(37)22-12-18(3)11-21(16-22)28(36)33-26(27(35)25-8-7-19(4)32-25)15-20-13-23(30)17-24(31)14-20/h11-14,16-17,19,25-27,32,35H,5-10,15H2,1-4H3,(H,33,36)/t19?,25-,26+,27-/m1/s1. The minimum absolute atomic E-state index is 0.0481. The second-order valence-electron chi connectivity index (χ2n) is 10.2. The minimum Gasteiger partial charge on any atom is -0.389 e. The number of amides is 2. The Morgan fingerprint density at radius 1 is 1.03 bits per heavy atom. The molecular formula is C29H39F2N3O3.